The van der Waals surface area contributed by atoms with Gasteiger partial charge < -0.3 is 5.73 Å². The molecule has 2 nitrogen and oxygen atoms in total. The van der Waals surface area contributed by atoms with E-state index in [2.05, 4.69) is 33.8 Å². The van der Waals surface area contributed by atoms with E-state index in [0.717, 1.165) is 28.4 Å². The molecule has 0 radical (unpaired) electrons. The first-order valence-corrected chi connectivity index (χ1v) is 8.05. The summed E-state index contributed by atoms with van der Waals surface area (Å²) in [6, 6.07) is 2.63. The Morgan fingerprint density at radius 1 is 1.65 bits per heavy atom. The van der Waals surface area contributed by atoms with E-state index in [1.54, 1.807) is 11.3 Å². The zero-order chi connectivity index (χ0) is 12.4. The number of rotatable bonds is 4. The molecule has 0 amide bonds. The molecule has 0 saturated carbocycles. The van der Waals surface area contributed by atoms with Crippen molar-refractivity contribution in [1.82, 2.24) is 4.90 Å². The molecule has 2 unspecified atom stereocenters. The molecule has 1 fully saturated rings. The highest BCUT2D eigenvalue weighted by atomic mass is 79.9. The molecule has 1 aliphatic rings. The Kier molecular flexibility index (Phi) is 4.89. The highest BCUT2D eigenvalue weighted by Gasteiger charge is 2.35. The van der Waals surface area contributed by atoms with Gasteiger partial charge in [-0.3, -0.25) is 4.90 Å². The number of halogens is 2. The molecule has 2 atom stereocenters. The summed E-state index contributed by atoms with van der Waals surface area (Å²) in [5.74, 6) is 0.572. The second-order valence-electron chi connectivity index (χ2n) is 4.54. The normalized spacial score (nSPS) is 25.6. The minimum atomic E-state index is 0.466. The van der Waals surface area contributed by atoms with E-state index in [-0.39, 0.29) is 0 Å². The van der Waals surface area contributed by atoms with Gasteiger partial charge in [-0.2, -0.15) is 0 Å². The lowest BCUT2D eigenvalue weighted by Gasteiger charge is -2.26. The van der Waals surface area contributed by atoms with E-state index in [1.807, 2.05) is 0 Å². The Morgan fingerprint density at radius 2 is 2.41 bits per heavy atom. The predicted octanol–water partition coefficient (Wildman–Crippen LogP) is 3.90. The van der Waals surface area contributed by atoms with E-state index in [4.69, 9.17) is 17.3 Å². The highest BCUT2D eigenvalue weighted by Crippen LogP contribution is 2.43. The van der Waals surface area contributed by atoms with Gasteiger partial charge in [0.2, 0.25) is 0 Å². The lowest BCUT2D eigenvalue weighted by molar-refractivity contribution is 0.234. The van der Waals surface area contributed by atoms with Crippen molar-refractivity contribution in [2.75, 3.05) is 19.6 Å². The Morgan fingerprint density at radius 3 is 2.94 bits per heavy atom. The van der Waals surface area contributed by atoms with Crippen molar-refractivity contribution in [2.45, 2.75) is 25.8 Å². The summed E-state index contributed by atoms with van der Waals surface area (Å²) in [6.45, 7) is 5.30. The van der Waals surface area contributed by atoms with Crippen LogP contribution in [0.4, 0.5) is 0 Å². The molecule has 5 heteroatoms. The molecule has 1 aromatic rings. The summed E-state index contributed by atoms with van der Waals surface area (Å²) in [5, 5.41) is 0. The maximum atomic E-state index is 6.15. The van der Waals surface area contributed by atoms with Gasteiger partial charge in [0.15, 0.2) is 0 Å². The number of thiophene rings is 1. The minimum Gasteiger partial charge on any atom is -0.330 e. The summed E-state index contributed by atoms with van der Waals surface area (Å²) in [4.78, 5) is 3.90. The molecule has 17 heavy (non-hydrogen) atoms. The maximum Gasteiger partial charge on any atom is 0.107 e. The lowest BCUT2D eigenvalue weighted by Crippen LogP contribution is -2.28. The molecular formula is C12H18BrClN2S. The van der Waals surface area contributed by atoms with Crippen LogP contribution in [0, 0.1) is 5.92 Å². The van der Waals surface area contributed by atoms with E-state index < -0.39 is 0 Å². The van der Waals surface area contributed by atoms with Crippen molar-refractivity contribution in [1.29, 1.82) is 0 Å². The van der Waals surface area contributed by atoms with Crippen LogP contribution < -0.4 is 5.73 Å². The highest BCUT2D eigenvalue weighted by molar-refractivity contribution is 9.10. The van der Waals surface area contributed by atoms with Gasteiger partial charge in [0.05, 0.1) is 0 Å². The first kappa shape index (κ1) is 13.8. The first-order chi connectivity index (χ1) is 8.17. The summed E-state index contributed by atoms with van der Waals surface area (Å²) >= 11 is 11.3. The number of nitrogens with two attached hydrogens (primary N) is 1. The van der Waals surface area contributed by atoms with Crippen LogP contribution in [-0.2, 0) is 0 Å². The lowest BCUT2D eigenvalue weighted by atomic mass is 9.99. The number of nitrogens with zero attached hydrogens (tertiary/aromatic N) is 1. The standard InChI is InChI=1S/C12H18BrClN2S/c1-2-4-16-5-3-8(7-15)11(16)10-6-9(13)12(14)17-10/h6,8,11H,2-5,7,15H2,1H3. The topological polar surface area (TPSA) is 29.3 Å². The molecule has 0 bridgehead atoms. The van der Waals surface area contributed by atoms with E-state index in [9.17, 15) is 0 Å². The van der Waals surface area contributed by atoms with Crippen LogP contribution in [0.2, 0.25) is 4.34 Å². The second-order valence-corrected chi connectivity index (χ2v) is 7.08. The Labute approximate surface area is 120 Å². The molecule has 1 aliphatic heterocycles. The quantitative estimate of drug-likeness (QED) is 0.903. The number of hydrogen-bond acceptors (Lipinski definition) is 3. The molecule has 1 aromatic heterocycles. The van der Waals surface area contributed by atoms with Gasteiger partial charge in [-0.1, -0.05) is 18.5 Å². The molecule has 2 rings (SSSR count). The zero-order valence-electron chi connectivity index (χ0n) is 9.96. The van der Waals surface area contributed by atoms with Gasteiger partial charge in [-0.15, -0.1) is 11.3 Å². The zero-order valence-corrected chi connectivity index (χ0v) is 13.1. The van der Waals surface area contributed by atoms with Gasteiger partial charge in [0.1, 0.15) is 4.34 Å². The molecule has 2 heterocycles. The number of hydrogen-bond donors (Lipinski definition) is 1. The summed E-state index contributed by atoms with van der Waals surface area (Å²) in [6.07, 6.45) is 2.39. The van der Waals surface area contributed by atoms with Crippen molar-refractivity contribution in [2.24, 2.45) is 11.7 Å². The van der Waals surface area contributed by atoms with E-state index in [1.165, 1.54) is 17.7 Å². The van der Waals surface area contributed by atoms with Crippen molar-refractivity contribution < 1.29 is 0 Å². The van der Waals surface area contributed by atoms with Gasteiger partial charge in [-0.05, 0) is 60.4 Å². The van der Waals surface area contributed by atoms with Crippen molar-refractivity contribution in [3.05, 3.63) is 19.8 Å². The van der Waals surface area contributed by atoms with Crippen LogP contribution >= 0.6 is 38.9 Å². The number of likely N-dealkylation sites (tertiary alicyclic amines) is 1. The molecule has 0 aromatic carbocycles. The van der Waals surface area contributed by atoms with Gasteiger partial charge >= 0.3 is 0 Å². The second kappa shape index (κ2) is 6.02. The average molecular weight is 338 g/mol. The maximum absolute atomic E-state index is 6.15. The first-order valence-electron chi connectivity index (χ1n) is 6.06. The minimum absolute atomic E-state index is 0.466. The third-order valence-corrected chi connectivity index (χ3v) is 5.94. The molecule has 0 aliphatic carbocycles. The molecule has 96 valence electrons. The molecule has 1 saturated heterocycles. The SMILES string of the molecule is CCCN1CCC(CN)C1c1cc(Br)c(Cl)s1. The Bertz CT molecular complexity index is 363. The summed E-state index contributed by atoms with van der Waals surface area (Å²) in [5.41, 5.74) is 5.90. The van der Waals surface area contributed by atoms with Crippen LogP contribution in [0.5, 0.6) is 0 Å². The average Bonchev–Trinajstić information content (AvgIpc) is 2.84. The molecule has 2 N–H and O–H groups in total. The van der Waals surface area contributed by atoms with Crippen molar-refractivity contribution in [3.8, 4) is 0 Å². The van der Waals surface area contributed by atoms with Gasteiger partial charge in [-0.25, -0.2) is 0 Å². The van der Waals surface area contributed by atoms with Gasteiger partial charge in [0, 0.05) is 15.4 Å². The smallest absolute Gasteiger partial charge is 0.107 e. The summed E-state index contributed by atoms with van der Waals surface area (Å²) in [7, 11) is 0. The molecule has 0 spiro atoms. The van der Waals surface area contributed by atoms with Crippen LogP contribution in [-0.4, -0.2) is 24.5 Å². The van der Waals surface area contributed by atoms with Crippen LogP contribution in [0.3, 0.4) is 0 Å². The molecular weight excluding hydrogens is 320 g/mol. The Balaban J connectivity index is 2.24. The fraction of sp³-hybridized carbons (Fsp3) is 0.667. The predicted molar refractivity (Wildman–Crippen MR) is 78.8 cm³/mol. The third kappa shape index (κ3) is 2.87. The van der Waals surface area contributed by atoms with Gasteiger partial charge in [0.25, 0.3) is 0 Å². The van der Waals surface area contributed by atoms with Crippen LogP contribution in [0.1, 0.15) is 30.7 Å². The van der Waals surface area contributed by atoms with Crippen LogP contribution in [0.15, 0.2) is 10.5 Å². The Hall–Kier alpha value is 0.390. The fourth-order valence-corrected chi connectivity index (χ4v) is 4.60. The monoisotopic (exact) mass is 336 g/mol. The largest absolute Gasteiger partial charge is 0.330 e. The summed E-state index contributed by atoms with van der Waals surface area (Å²) < 4.78 is 1.86. The third-order valence-electron chi connectivity index (χ3n) is 3.40. The van der Waals surface area contributed by atoms with E-state index >= 15 is 0 Å². The van der Waals surface area contributed by atoms with Crippen LogP contribution in [0.25, 0.3) is 0 Å². The fourth-order valence-electron chi connectivity index (χ4n) is 2.63. The van der Waals surface area contributed by atoms with E-state index in [0.29, 0.717) is 12.0 Å². The van der Waals surface area contributed by atoms with Crippen molar-refractivity contribution >= 4 is 38.9 Å². The van der Waals surface area contributed by atoms with Crippen molar-refractivity contribution in [3.63, 3.8) is 0 Å².